The molecule has 0 fully saturated rings. The molecule has 1 aromatic heterocycles. The largest absolute Gasteiger partial charge is 0.345 e. The maximum Gasteiger partial charge on any atom is 0.252 e. The lowest BCUT2D eigenvalue weighted by molar-refractivity contribution is 0.0943. The normalized spacial score (nSPS) is 12.7. The van der Waals surface area contributed by atoms with Gasteiger partial charge in [0, 0.05) is 5.56 Å². The minimum absolute atomic E-state index is 0.211. The number of benzene rings is 3. The molecule has 3 aromatic carbocycles. The second kappa shape index (κ2) is 8.35. The first-order valence-electron chi connectivity index (χ1n) is 9.99. The molecule has 1 heterocycles. The summed E-state index contributed by atoms with van der Waals surface area (Å²) in [5.74, 6) is -0.285. The number of fused-ring (bicyclic) bond motifs is 1. The third-order valence-corrected chi connectivity index (χ3v) is 7.42. The van der Waals surface area contributed by atoms with Crippen molar-refractivity contribution in [3.8, 4) is 0 Å². The van der Waals surface area contributed by atoms with Crippen molar-refractivity contribution in [3.05, 3.63) is 95.8 Å². The van der Waals surface area contributed by atoms with Crippen LogP contribution in [0.5, 0.6) is 0 Å². The number of hydrogen-bond donors (Lipinski definition) is 2. The zero-order valence-corrected chi connectivity index (χ0v) is 18.1. The van der Waals surface area contributed by atoms with Gasteiger partial charge in [0.05, 0.1) is 33.5 Å². The highest BCUT2D eigenvalue weighted by atomic mass is 32.2. The van der Waals surface area contributed by atoms with Crippen molar-refractivity contribution in [2.45, 2.75) is 30.0 Å². The van der Waals surface area contributed by atoms with E-state index in [0.717, 1.165) is 22.2 Å². The quantitative estimate of drug-likeness (QED) is 0.475. The van der Waals surface area contributed by atoms with Crippen molar-refractivity contribution < 1.29 is 13.2 Å². The van der Waals surface area contributed by atoms with Crippen molar-refractivity contribution in [1.29, 1.82) is 0 Å². The zero-order chi connectivity index (χ0) is 22.0. The van der Waals surface area contributed by atoms with Gasteiger partial charge < -0.3 is 10.3 Å². The van der Waals surface area contributed by atoms with Gasteiger partial charge in [-0.25, -0.2) is 13.4 Å². The van der Waals surface area contributed by atoms with Crippen LogP contribution >= 0.6 is 0 Å². The fraction of sp³-hybridized carbons (Fsp3) is 0.167. The lowest BCUT2D eigenvalue weighted by atomic mass is 9.97. The lowest BCUT2D eigenvalue weighted by Crippen LogP contribution is -2.29. The van der Waals surface area contributed by atoms with Crippen LogP contribution in [0.3, 0.4) is 0 Å². The van der Waals surface area contributed by atoms with Gasteiger partial charge in [-0.1, -0.05) is 36.4 Å². The van der Waals surface area contributed by atoms with Gasteiger partial charge in [0.15, 0.2) is 9.84 Å². The van der Waals surface area contributed by atoms with Gasteiger partial charge >= 0.3 is 0 Å². The van der Waals surface area contributed by atoms with Crippen LogP contribution < -0.4 is 5.32 Å². The van der Waals surface area contributed by atoms with Crippen LogP contribution in [-0.4, -0.2) is 29.5 Å². The monoisotopic (exact) mass is 433 g/mol. The molecule has 6 nitrogen and oxygen atoms in total. The predicted molar refractivity (Wildman–Crippen MR) is 121 cm³/mol. The van der Waals surface area contributed by atoms with Crippen molar-refractivity contribution >= 4 is 26.8 Å². The highest BCUT2D eigenvalue weighted by molar-refractivity contribution is 7.92. The molecule has 1 unspecified atom stereocenters. The summed E-state index contributed by atoms with van der Waals surface area (Å²) in [6.45, 7) is 3.27. The summed E-state index contributed by atoms with van der Waals surface area (Å²) in [4.78, 5) is 20.6. The Morgan fingerprint density at radius 2 is 1.65 bits per heavy atom. The molecule has 2 N–H and O–H groups in total. The van der Waals surface area contributed by atoms with E-state index in [1.807, 2.05) is 48.5 Å². The van der Waals surface area contributed by atoms with Gasteiger partial charge in [0.2, 0.25) is 0 Å². The molecule has 4 rings (SSSR count). The van der Waals surface area contributed by atoms with Gasteiger partial charge in [-0.05, 0) is 61.4 Å². The average molecular weight is 434 g/mol. The molecule has 0 radical (unpaired) electrons. The molecule has 0 aliphatic carbocycles. The number of carbonyl (C=O) groups is 1. The number of sulfone groups is 1. The fourth-order valence-electron chi connectivity index (χ4n) is 3.42. The van der Waals surface area contributed by atoms with Gasteiger partial charge in [-0.2, -0.15) is 0 Å². The van der Waals surface area contributed by atoms with Crippen LogP contribution in [-0.2, 0) is 9.84 Å². The zero-order valence-electron chi connectivity index (χ0n) is 17.2. The second-order valence-electron chi connectivity index (χ2n) is 7.61. The summed E-state index contributed by atoms with van der Waals surface area (Å²) >= 11 is 0. The predicted octanol–water partition coefficient (Wildman–Crippen LogP) is 4.26. The number of imidazole rings is 1. The molecule has 1 atom stereocenters. The van der Waals surface area contributed by atoms with Crippen LogP contribution in [0.4, 0.5) is 0 Å². The molecule has 158 valence electrons. The minimum atomic E-state index is -3.38. The molecule has 0 aliphatic rings. The number of carbonyl (C=O) groups excluding carboxylic acids is 1. The molecular weight excluding hydrogens is 410 g/mol. The first kappa shape index (κ1) is 20.8. The Labute approximate surface area is 181 Å². The molecule has 0 spiro atoms. The van der Waals surface area contributed by atoms with E-state index in [-0.39, 0.29) is 16.8 Å². The van der Waals surface area contributed by atoms with Crippen LogP contribution in [0.15, 0.2) is 84.0 Å². The molecule has 0 saturated heterocycles. The van der Waals surface area contributed by atoms with E-state index < -0.39 is 15.1 Å². The van der Waals surface area contributed by atoms with E-state index in [2.05, 4.69) is 15.3 Å². The lowest BCUT2D eigenvalue weighted by Gasteiger charge is -2.20. The Kier molecular flexibility index (Phi) is 5.61. The van der Waals surface area contributed by atoms with Gasteiger partial charge in [0.1, 0.15) is 0 Å². The summed E-state index contributed by atoms with van der Waals surface area (Å²) in [5.41, 5.74) is 3.98. The summed E-state index contributed by atoms with van der Waals surface area (Å²) in [7, 11) is -3.38. The van der Waals surface area contributed by atoms with Gasteiger partial charge in [-0.15, -0.1) is 0 Å². The highest BCUT2D eigenvalue weighted by Gasteiger charge is 2.21. The SMILES string of the molecule is CC(C)S(=O)(=O)c1ccc(C(=O)NC(c2ccccc2)c2ccc3nc[nH]c3c2)cc1. The van der Waals surface area contributed by atoms with Crippen LogP contribution in [0.2, 0.25) is 0 Å². The van der Waals surface area contributed by atoms with E-state index in [0.29, 0.717) is 5.56 Å². The number of nitrogens with one attached hydrogen (secondary N) is 2. The first-order valence-corrected chi connectivity index (χ1v) is 11.5. The standard InChI is InChI=1S/C24H23N3O3S/c1-16(2)31(29,30)20-11-8-18(9-12-20)24(28)27-23(17-6-4-3-5-7-17)19-10-13-21-22(14-19)26-15-25-21/h3-16,23H,1-2H3,(H,25,26)(H,27,28). The van der Waals surface area contributed by atoms with Gasteiger partial charge in [-0.3, -0.25) is 4.79 Å². The second-order valence-corrected chi connectivity index (χ2v) is 10.1. The topological polar surface area (TPSA) is 91.9 Å². The number of amides is 1. The third-order valence-electron chi connectivity index (χ3n) is 5.25. The number of aromatic nitrogens is 2. The van der Waals surface area contributed by atoms with Crippen molar-refractivity contribution in [3.63, 3.8) is 0 Å². The summed E-state index contributed by atoms with van der Waals surface area (Å²) in [6, 6.07) is 21.2. The maximum absolute atomic E-state index is 13.0. The van der Waals surface area contributed by atoms with E-state index >= 15 is 0 Å². The van der Waals surface area contributed by atoms with Crippen LogP contribution in [0, 0.1) is 0 Å². The molecule has 0 bridgehead atoms. The molecule has 1 amide bonds. The van der Waals surface area contributed by atoms with E-state index in [9.17, 15) is 13.2 Å². The maximum atomic E-state index is 13.0. The van der Waals surface area contributed by atoms with Crippen molar-refractivity contribution in [2.24, 2.45) is 0 Å². The number of nitrogens with zero attached hydrogens (tertiary/aromatic N) is 1. The smallest absolute Gasteiger partial charge is 0.252 e. The number of rotatable bonds is 6. The van der Waals surface area contributed by atoms with E-state index in [4.69, 9.17) is 0 Å². The average Bonchev–Trinajstić information content (AvgIpc) is 3.26. The van der Waals surface area contributed by atoms with Crippen molar-refractivity contribution in [2.75, 3.05) is 0 Å². The summed E-state index contributed by atoms with van der Waals surface area (Å²) in [6.07, 6.45) is 1.64. The molecular formula is C24H23N3O3S. The Bertz CT molecular complexity index is 1310. The van der Waals surface area contributed by atoms with E-state index in [1.54, 1.807) is 32.3 Å². The Morgan fingerprint density at radius 1 is 0.935 bits per heavy atom. The fourth-order valence-corrected chi connectivity index (χ4v) is 4.48. The minimum Gasteiger partial charge on any atom is -0.345 e. The molecule has 7 heteroatoms. The molecule has 31 heavy (non-hydrogen) atoms. The first-order chi connectivity index (χ1) is 14.9. The van der Waals surface area contributed by atoms with Crippen molar-refractivity contribution in [1.82, 2.24) is 15.3 Å². The van der Waals surface area contributed by atoms with Gasteiger partial charge in [0.25, 0.3) is 5.91 Å². The van der Waals surface area contributed by atoms with Crippen LogP contribution in [0.25, 0.3) is 11.0 Å². The number of hydrogen-bond acceptors (Lipinski definition) is 4. The Balaban J connectivity index is 1.65. The summed E-state index contributed by atoms with van der Waals surface area (Å²) < 4.78 is 24.7. The Hall–Kier alpha value is -3.45. The Morgan fingerprint density at radius 3 is 2.32 bits per heavy atom. The molecule has 4 aromatic rings. The third kappa shape index (κ3) is 4.22. The number of aromatic amines is 1. The highest BCUT2D eigenvalue weighted by Crippen LogP contribution is 2.25. The van der Waals surface area contributed by atoms with Crippen LogP contribution in [0.1, 0.15) is 41.4 Å². The molecule has 0 saturated carbocycles. The number of H-pyrrole nitrogens is 1. The summed E-state index contributed by atoms with van der Waals surface area (Å²) in [5, 5.41) is 2.56. The molecule has 0 aliphatic heterocycles. The van der Waals surface area contributed by atoms with E-state index in [1.165, 1.54) is 12.1 Å².